The lowest BCUT2D eigenvalue weighted by Crippen LogP contribution is -2.26. The first-order chi connectivity index (χ1) is 15.5. The fourth-order valence-electron chi connectivity index (χ4n) is 3.44. The summed E-state index contributed by atoms with van der Waals surface area (Å²) in [5.74, 6) is 2.92. The fourth-order valence-corrected chi connectivity index (χ4v) is 3.44. The third kappa shape index (κ3) is 4.95. The Hall–Kier alpha value is -3.71. The number of hydrogen-bond acceptors (Lipinski definition) is 7. The second kappa shape index (κ2) is 9.62. The number of aromatic nitrogens is 3. The minimum absolute atomic E-state index is 0.00796. The second-order valence-corrected chi connectivity index (χ2v) is 7.70. The molecule has 0 saturated carbocycles. The first-order valence-electron chi connectivity index (χ1n) is 10.6. The molecule has 0 radical (unpaired) electrons. The van der Waals surface area contributed by atoms with Crippen LogP contribution in [0.1, 0.15) is 18.2 Å². The standard InChI is InChI=1S/C25H27N5O2/c1-16-12-19(9-11-22(16)32-20-10-8-17(2)27-14-20)30-25-24-21(28-15-29-25)6-5-7-23(24)31-18(3)13-26-4/h5-12,14-15,18,26H,13H2,1-4H3,(H,28,29,30)/t18-/m0/s1. The van der Waals surface area contributed by atoms with Crippen molar-refractivity contribution in [1.82, 2.24) is 20.3 Å². The van der Waals surface area contributed by atoms with E-state index in [1.807, 2.05) is 76.3 Å². The molecule has 4 aromatic rings. The Morgan fingerprint density at radius 1 is 0.969 bits per heavy atom. The van der Waals surface area contributed by atoms with E-state index >= 15 is 0 Å². The van der Waals surface area contributed by atoms with Gasteiger partial charge in [-0.3, -0.25) is 4.98 Å². The predicted octanol–water partition coefficient (Wildman–Crippen LogP) is 5.16. The summed E-state index contributed by atoms with van der Waals surface area (Å²) in [4.78, 5) is 13.2. The number of fused-ring (bicyclic) bond motifs is 1. The predicted molar refractivity (Wildman–Crippen MR) is 127 cm³/mol. The van der Waals surface area contributed by atoms with Gasteiger partial charge in [-0.05, 0) is 75.8 Å². The fraction of sp³-hybridized carbons (Fsp3) is 0.240. The van der Waals surface area contributed by atoms with Gasteiger partial charge in [0, 0.05) is 17.9 Å². The van der Waals surface area contributed by atoms with Crippen molar-refractivity contribution in [3.8, 4) is 17.2 Å². The van der Waals surface area contributed by atoms with E-state index in [-0.39, 0.29) is 6.10 Å². The summed E-state index contributed by atoms with van der Waals surface area (Å²) in [5, 5.41) is 7.40. The zero-order chi connectivity index (χ0) is 22.5. The van der Waals surface area contributed by atoms with Crippen molar-refractivity contribution >= 4 is 22.4 Å². The van der Waals surface area contributed by atoms with Gasteiger partial charge in [0.05, 0.1) is 17.1 Å². The smallest absolute Gasteiger partial charge is 0.145 e. The van der Waals surface area contributed by atoms with Gasteiger partial charge in [0.1, 0.15) is 35.5 Å². The van der Waals surface area contributed by atoms with Gasteiger partial charge in [-0.2, -0.15) is 0 Å². The maximum atomic E-state index is 6.16. The molecule has 2 aromatic carbocycles. The molecule has 1 atom stereocenters. The average Bonchev–Trinajstić information content (AvgIpc) is 2.77. The van der Waals surface area contributed by atoms with Crippen molar-refractivity contribution in [2.45, 2.75) is 26.9 Å². The molecule has 0 spiro atoms. The number of anilines is 2. The number of ether oxygens (including phenoxy) is 2. The molecule has 2 N–H and O–H groups in total. The molecule has 0 fully saturated rings. The molecule has 0 unspecified atom stereocenters. The maximum absolute atomic E-state index is 6.16. The van der Waals surface area contributed by atoms with E-state index in [0.29, 0.717) is 11.6 Å². The molecule has 164 valence electrons. The lowest BCUT2D eigenvalue weighted by Gasteiger charge is -2.17. The van der Waals surface area contributed by atoms with E-state index in [1.165, 1.54) is 0 Å². The van der Waals surface area contributed by atoms with Gasteiger partial charge in [0.25, 0.3) is 0 Å². The van der Waals surface area contributed by atoms with Gasteiger partial charge in [0.2, 0.25) is 0 Å². The number of aryl methyl sites for hydroxylation is 2. The lowest BCUT2D eigenvalue weighted by atomic mass is 10.1. The molecule has 0 aliphatic carbocycles. The van der Waals surface area contributed by atoms with Crippen molar-refractivity contribution in [2.24, 2.45) is 0 Å². The van der Waals surface area contributed by atoms with Gasteiger partial charge in [-0.25, -0.2) is 9.97 Å². The zero-order valence-electron chi connectivity index (χ0n) is 18.7. The summed E-state index contributed by atoms with van der Waals surface area (Å²) in [6.07, 6.45) is 3.29. The Kier molecular flexibility index (Phi) is 6.47. The highest BCUT2D eigenvalue weighted by molar-refractivity contribution is 5.95. The van der Waals surface area contributed by atoms with Crippen LogP contribution in [0.4, 0.5) is 11.5 Å². The molecular weight excluding hydrogens is 402 g/mol. The van der Waals surface area contributed by atoms with E-state index < -0.39 is 0 Å². The van der Waals surface area contributed by atoms with E-state index in [0.717, 1.165) is 45.9 Å². The summed E-state index contributed by atoms with van der Waals surface area (Å²) < 4.78 is 12.1. The normalized spacial score (nSPS) is 11.9. The summed E-state index contributed by atoms with van der Waals surface area (Å²) >= 11 is 0. The molecule has 7 nitrogen and oxygen atoms in total. The Morgan fingerprint density at radius 3 is 2.59 bits per heavy atom. The van der Waals surface area contributed by atoms with Crippen molar-refractivity contribution in [3.05, 3.63) is 72.3 Å². The number of nitrogens with zero attached hydrogens (tertiary/aromatic N) is 3. The molecule has 0 amide bonds. The maximum Gasteiger partial charge on any atom is 0.145 e. The Balaban J connectivity index is 1.60. The van der Waals surface area contributed by atoms with Gasteiger partial charge >= 0.3 is 0 Å². The van der Waals surface area contributed by atoms with Gasteiger partial charge in [-0.15, -0.1) is 0 Å². The first kappa shape index (κ1) is 21.5. The zero-order valence-corrected chi connectivity index (χ0v) is 18.7. The number of likely N-dealkylation sites (N-methyl/N-ethyl adjacent to an activating group) is 1. The molecule has 2 heterocycles. The summed E-state index contributed by atoms with van der Waals surface area (Å²) in [6, 6.07) is 15.6. The summed E-state index contributed by atoms with van der Waals surface area (Å²) in [6.45, 7) is 6.72. The van der Waals surface area contributed by atoms with Crippen molar-refractivity contribution in [2.75, 3.05) is 18.9 Å². The van der Waals surface area contributed by atoms with Crippen LogP contribution in [-0.4, -0.2) is 34.6 Å². The molecule has 0 aliphatic rings. The minimum Gasteiger partial charge on any atom is -0.489 e. The third-order valence-corrected chi connectivity index (χ3v) is 4.99. The Bertz CT molecular complexity index is 1210. The highest BCUT2D eigenvalue weighted by atomic mass is 16.5. The minimum atomic E-state index is 0.00796. The van der Waals surface area contributed by atoms with Gasteiger partial charge in [0.15, 0.2) is 0 Å². The van der Waals surface area contributed by atoms with Crippen LogP contribution >= 0.6 is 0 Å². The molecule has 7 heteroatoms. The molecule has 0 saturated heterocycles. The van der Waals surface area contributed by atoms with E-state index in [9.17, 15) is 0 Å². The van der Waals surface area contributed by atoms with Gasteiger partial charge < -0.3 is 20.1 Å². The van der Waals surface area contributed by atoms with Crippen molar-refractivity contribution in [1.29, 1.82) is 0 Å². The van der Waals surface area contributed by atoms with Crippen LogP contribution in [0.2, 0.25) is 0 Å². The van der Waals surface area contributed by atoms with Crippen LogP contribution in [0.3, 0.4) is 0 Å². The van der Waals surface area contributed by atoms with Crippen LogP contribution in [0.5, 0.6) is 17.2 Å². The molecule has 32 heavy (non-hydrogen) atoms. The molecular formula is C25H27N5O2. The van der Waals surface area contributed by atoms with E-state index in [1.54, 1.807) is 12.5 Å². The van der Waals surface area contributed by atoms with Crippen molar-refractivity contribution in [3.63, 3.8) is 0 Å². The monoisotopic (exact) mass is 429 g/mol. The highest BCUT2D eigenvalue weighted by Gasteiger charge is 2.13. The molecule has 4 rings (SSSR count). The number of hydrogen-bond donors (Lipinski definition) is 2. The Labute approximate surface area is 187 Å². The largest absolute Gasteiger partial charge is 0.489 e. The van der Waals surface area contributed by atoms with E-state index in [2.05, 4.69) is 25.6 Å². The summed E-state index contributed by atoms with van der Waals surface area (Å²) in [5.41, 5.74) is 3.66. The van der Waals surface area contributed by atoms with Crippen LogP contribution in [0, 0.1) is 13.8 Å². The number of pyridine rings is 1. The average molecular weight is 430 g/mol. The molecule has 2 aromatic heterocycles. The number of benzene rings is 2. The molecule has 0 aliphatic heterocycles. The molecule has 0 bridgehead atoms. The second-order valence-electron chi connectivity index (χ2n) is 7.70. The van der Waals surface area contributed by atoms with E-state index in [4.69, 9.17) is 9.47 Å². The van der Waals surface area contributed by atoms with Gasteiger partial charge in [-0.1, -0.05) is 6.07 Å². The van der Waals surface area contributed by atoms with Crippen molar-refractivity contribution < 1.29 is 9.47 Å². The van der Waals surface area contributed by atoms with Crippen LogP contribution < -0.4 is 20.1 Å². The SMILES string of the molecule is CNC[C@H](C)Oc1cccc2ncnc(Nc3ccc(Oc4ccc(C)nc4)c(C)c3)c12. The lowest BCUT2D eigenvalue weighted by molar-refractivity contribution is 0.223. The van der Waals surface area contributed by atoms with Crippen LogP contribution in [0.25, 0.3) is 10.9 Å². The van der Waals surface area contributed by atoms with Crippen LogP contribution in [0.15, 0.2) is 61.1 Å². The summed E-state index contributed by atoms with van der Waals surface area (Å²) in [7, 11) is 1.91. The highest BCUT2D eigenvalue weighted by Crippen LogP contribution is 2.33. The van der Waals surface area contributed by atoms with Crippen LogP contribution in [-0.2, 0) is 0 Å². The number of rotatable bonds is 8. The Morgan fingerprint density at radius 2 is 1.84 bits per heavy atom. The third-order valence-electron chi connectivity index (χ3n) is 4.99. The topological polar surface area (TPSA) is 81.2 Å². The first-order valence-corrected chi connectivity index (χ1v) is 10.6. The quantitative estimate of drug-likeness (QED) is 0.400. The number of nitrogens with one attached hydrogen (secondary N) is 2.